The molecule has 2 rings (SSSR count). The average Bonchev–Trinajstić information content (AvgIpc) is 2.36. The third kappa shape index (κ3) is 3.14. The van der Waals surface area contributed by atoms with Crippen molar-refractivity contribution in [2.24, 2.45) is 0 Å². The first-order valence-corrected chi connectivity index (χ1v) is 5.50. The van der Waals surface area contributed by atoms with Gasteiger partial charge >= 0.3 is 12.4 Å². The van der Waals surface area contributed by atoms with Crippen molar-refractivity contribution >= 4 is 0 Å². The zero-order valence-corrected chi connectivity index (χ0v) is 10.1. The van der Waals surface area contributed by atoms with E-state index >= 15 is 0 Å². The van der Waals surface area contributed by atoms with Gasteiger partial charge in [0, 0.05) is 11.8 Å². The second-order valence-corrected chi connectivity index (χ2v) is 4.10. The van der Waals surface area contributed by atoms with Gasteiger partial charge in [0.05, 0.1) is 11.1 Å². The Hall–Kier alpha value is -2.12. The fraction of sp³-hybridized carbons (Fsp3) is 0.154. The first kappa shape index (κ1) is 15.3. The van der Waals surface area contributed by atoms with E-state index in [9.17, 15) is 30.7 Å². The Morgan fingerprint density at radius 1 is 0.762 bits per heavy atom. The van der Waals surface area contributed by atoms with E-state index in [2.05, 4.69) is 4.98 Å². The minimum atomic E-state index is -4.85. The highest BCUT2D eigenvalue weighted by molar-refractivity contribution is 5.68. The van der Waals surface area contributed by atoms with Crippen molar-refractivity contribution in [2.45, 2.75) is 12.4 Å². The van der Waals surface area contributed by atoms with Gasteiger partial charge in [-0.15, -0.1) is 0 Å². The van der Waals surface area contributed by atoms with Crippen LogP contribution in [0.3, 0.4) is 0 Å². The van der Waals surface area contributed by atoms with Crippen LogP contribution in [-0.2, 0) is 12.4 Å². The second-order valence-electron chi connectivity index (χ2n) is 4.10. The maximum Gasteiger partial charge on any atom is 0.417 e. The van der Waals surface area contributed by atoms with Crippen molar-refractivity contribution in [1.82, 2.24) is 4.98 Å². The number of hydrogen-bond acceptors (Lipinski definition) is 1. The van der Waals surface area contributed by atoms with E-state index in [1.807, 2.05) is 0 Å². The van der Waals surface area contributed by atoms with Crippen molar-refractivity contribution < 1.29 is 30.7 Å². The van der Waals surface area contributed by atoms with Crippen molar-refractivity contribution in [2.75, 3.05) is 0 Å². The molecule has 0 saturated carbocycles. The van der Waals surface area contributed by atoms with Crippen LogP contribution in [0.15, 0.2) is 36.5 Å². The quantitative estimate of drug-likeness (QED) is 0.538. The first-order chi connectivity index (χ1) is 9.60. The first-order valence-electron chi connectivity index (χ1n) is 5.50. The number of alkyl halides is 6. The van der Waals surface area contributed by atoms with E-state index < -0.39 is 35.0 Å². The van der Waals surface area contributed by atoms with Crippen molar-refractivity contribution in [3.8, 4) is 11.1 Å². The predicted molar refractivity (Wildman–Crippen MR) is 59.6 cm³/mol. The van der Waals surface area contributed by atoms with Crippen LogP contribution in [0.5, 0.6) is 0 Å². The molecular weight excluding hydrogens is 303 g/mol. The Morgan fingerprint density at radius 2 is 1.33 bits per heavy atom. The lowest BCUT2D eigenvalue weighted by Crippen LogP contribution is -2.10. The fourth-order valence-electron chi connectivity index (χ4n) is 1.77. The topological polar surface area (TPSA) is 12.9 Å². The van der Waals surface area contributed by atoms with Gasteiger partial charge in [-0.25, -0.2) is 4.98 Å². The summed E-state index contributed by atoms with van der Waals surface area (Å²) in [6.07, 6.45) is -8.83. The molecule has 0 atom stereocenters. The number of hydrogen-bond donors (Lipinski definition) is 0. The predicted octanol–water partition coefficient (Wildman–Crippen LogP) is 4.93. The molecule has 1 aromatic carbocycles. The molecule has 0 bridgehead atoms. The van der Waals surface area contributed by atoms with E-state index in [1.165, 1.54) is 0 Å². The van der Waals surface area contributed by atoms with Gasteiger partial charge in [-0.2, -0.15) is 30.7 Å². The van der Waals surface area contributed by atoms with E-state index in [0.717, 1.165) is 12.1 Å². The lowest BCUT2D eigenvalue weighted by Gasteiger charge is -2.14. The lowest BCUT2D eigenvalue weighted by atomic mass is 10.00. The van der Waals surface area contributed by atoms with E-state index in [-0.39, 0.29) is 5.56 Å². The summed E-state index contributed by atoms with van der Waals surface area (Å²) in [5.41, 5.74) is -3.54. The van der Waals surface area contributed by atoms with E-state index in [1.54, 1.807) is 0 Å². The second kappa shape index (κ2) is 5.01. The summed E-state index contributed by atoms with van der Waals surface area (Å²) in [6.45, 7) is 0. The van der Waals surface area contributed by atoms with Crippen LogP contribution >= 0.6 is 0 Å². The van der Waals surface area contributed by atoms with E-state index in [0.29, 0.717) is 24.4 Å². The van der Waals surface area contributed by atoms with Crippen LogP contribution < -0.4 is 0 Å². The molecule has 1 aromatic heterocycles. The van der Waals surface area contributed by atoms with Crippen molar-refractivity contribution in [3.63, 3.8) is 0 Å². The summed E-state index contributed by atoms with van der Waals surface area (Å²) >= 11 is 0. The number of pyridine rings is 1. The number of rotatable bonds is 1. The molecule has 1 nitrogen and oxygen atoms in total. The Kier molecular flexibility index (Phi) is 3.65. The zero-order chi connectivity index (χ0) is 15.8. The molecule has 0 radical (unpaired) electrons. The summed E-state index contributed by atoms with van der Waals surface area (Å²) < 4.78 is 89.2. The summed E-state index contributed by atoms with van der Waals surface area (Å²) in [4.78, 5) is 3.11. The highest BCUT2D eigenvalue weighted by Gasteiger charge is 2.36. The molecule has 0 aliphatic heterocycles. The summed E-state index contributed by atoms with van der Waals surface area (Å²) in [5.74, 6) is -1.40. The maximum absolute atomic E-state index is 13.6. The molecule has 21 heavy (non-hydrogen) atoms. The monoisotopic (exact) mass is 309 g/mol. The molecule has 0 saturated heterocycles. The van der Waals surface area contributed by atoms with Crippen LogP contribution in [0.2, 0.25) is 0 Å². The summed E-state index contributed by atoms with van der Waals surface area (Å²) in [5, 5.41) is 0. The molecule has 0 amide bonds. The van der Waals surface area contributed by atoms with Gasteiger partial charge in [-0.3, -0.25) is 0 Å². The van der Waals surface area contributed by atoms with Gasteiger partial charge in [0.2, 0.25) is 5.95 Å². The summed E-state index contributed by atoms with van der Waals surface area (Å²) in [7, 11) is 0. The molecule has 0 spiro atoms. The number of benzene rings is 1. The molecular formula is C13H6F7N. The van der Waals surface area contributed by atoms with Crippen LogP contribution in [0, 0.1) is 5.95 Å². The van der Waals surface area contributed by atoms with Crippen LogP contribution in [0.4, 0.5) is 30.7 Å². The molecule has 0 fully saturated rings. The van der Waals surface area contributed by atoms with E-state index in [4.69, 9.17) is 0 Å². The normalized spacial score (nSPS) is 12.5. The largest absolute Gasteiger partial charge is 0.417 e. The molecule has 0 unspecified atom stereocenters. The highest BCUT2D eigenvalue weighted by atomic mass is 19.4. The van der Waals surface area contributed by atoms with Crippen molar-refractivity contribution in [3.05, 3.63) is 53.6 Å². The SMILES string of the molecule is Fc1nccc(C(F)(F)F)c1-c1ccc(C(F)(F)F)cc1. The molecule has 1 heterocycles. The smallest absolute Gasteiger partial charge is 0.228 e. The maximum atomic E-state index is 13.6. The van der Waals surface area contributed by atoms with Gasteiger partial charge < -0.3 is 0 Å². The van der Waals surface area contributed by atoms with Crippen molar-refractivity contribution in [1.29, 1.82) is 0 Å². The highest BCUT2D eigenvalue weighted by Crippen LogP contribution is 2.38. The van der Waals surface area contributed by atoms with Crippen LogP contribution in [-0.4, -0.2) is 4.98 Å². The van der Waals surface area contributed by atoms with Gasteiger partial charge in [0.1, 0.15) is 0 Å². The van der Waals surface area contributed by atoms with Gasteiger partial charge in [-0.05, 0) is 23.8 Å². The third-order valence-electron chi connectivity index (χ3n) is 2.71. The fourth-order valence-corrected chi connectivity index (χ4v) is 1.77. The molecule has 0 N–H and O–H groups in total. The van der Waals surface area contributed by atoms with Gasteiger partial charge in [0.15, 0.2) is 0 Å². The summed E-state index contributed by atoms with van der Waals surface area (Å²) in [6, 6.07) is 3.29. The average molecular weight is 309 g/mol. The molecule has 0 aliphatic carbocycles. The molecule has 8 heteroatoms. The third-order valence-corrected chi connectivity index (χ3v) is 2.71. The molecule has 112 valence electrons. The molecule has 0 aliphatic rings. The van der Waals surface area contributed by atoms with Crippen LogP contribution in [0.1, 0.15) is 11.1 Å². The van der Waals surface area contributed by atoms with Crippen LogP contribution in [0.25, 0.3) is 11.1 Å². The number of nitrogens with zero attached hydrogens (tertiary/aromatic N) is 1. The zero-order valence-electron chi connectivity index (χ0n) is 10.1. The Labute approximate surface area is 114 Å². The number of aromatic nitrogens is 1. The van der Waals surface area contributed by atoms with Gasteiger partial charge in [0.25, 0.3) is 0 Å². The Morgan fingerprint density at radius 3 is 1.81 bits per heavy atom. The Balaban J connectivity index is 2.57. The van der Waals surface area contributed by atoms with Gasteiger partial charge in [-0.1, -0.05) is 12.1 Å². The minimum absolute atomic E-state index is 0.332. The number of halogens is 7. The lowest BCUT2D eigenvalue weighted by molar-refractivity contribution is -0.138. The molecule has 2 aromatic rings. The standard InChI is InChI=1S/C13H6F7N/c14-11-10(9(5-6-21-11)13(18,19)20)7-1-3-8(4-2-7)12(15,16)17/h1-6H. The minimum Gasteiger partial charge on any atom is -0.228 e. The Bertz CT molecular complexity index is 641.